The minimum Gasteiger partial charge on any atom is -0.491 e. The number of ether oxygens (including phenoxy) is 3. The van der Waals surface area contributed by atoms with E-state index in [1.165, 1.54) is 0 Å². The van der Waals surface area contributed by atoms with Gasteiger partial charge in [-0.1, -0.05) is 6.07 Å². The normalized spacial score (nSPS) is 11.1. The molecule has 7 heteroatoms. The van der Waals surface area contributed by atoms with Gasteiger partial charge in [0.05, 0.1) is 12.7 Å². The van der Waals surface area contributed by atoms with Gasteiger partial charge in [-0.2, -0.15) is 10.1 Å². The zero-order chi connectivity index (χ0) is 18.5. The van der Waals surface area contributed by atoms with Crippen LogP contribution in [0.25, 0.3) is 10.8 Å². The maximum atomic E-state index is 5.93. The van der Waals surface area contributed by atoms with Gasteiger partial charge < -0.3 is 19.5 Å². The summed E-state index contributed by atoms with van der Waals surface area (Å²) in [6.07, 6.45) is 0.00615. The Balaban J connectivity index is 1.94. The third kappa shape index (κ3) is 4.43. The highest BCUT2D eigenvalue weighted by atomic mass is 16.5. The molecule has 138 valence electrons. The number of nitrogens with zero attached hydrogens (tertiary/aromatic N) is 2. The molecule has 0 radical (unpaired) electrons. The Hall–Kier alpha value is -2.80. The molecule has 1 aromatic carbocycles. The quantitative estimate of drug-likeness (QED) is 0.597. The standard InChI is InChI=1S/C19H24N4O3/c1-12(2)26-19-16-11-15(25-8-7-24-4)6-5-14(16)10-17(21-19)20-18-9-13(3)22-23-18/h5-6,9-12H,7-8H2,1-4H3,(H2,20,21,22,23). The van der Waals surface area contributed by atoms with Gasteiger partial charge in [-0.25, -0.2) is 0 Å². The molecular weight excluding hydrogens is 332 g/mol. The van der Waals surface area contributed by atoms with Crippen LogP contribution >= 0.6 is 0 Å². The van der Waals surface area contributed by atoms with Crippen LogP contribution in [0, 0.1) is 6.92 Å². The van der Waals surface area contributed by atoms with Gasteiger partial charge in [0, 0.05) is 24.3 Å². The first-order valence-electron chi connectivity index (χ1n) is 8.57. The Labute approximate surface area is 152 Å². The molecule has 2 N–H and O–H groups in total. The summed E-state index contributed by atoms with van der Waals surface area (Å²) in [6, 6.07) is 9.75. The number of rotatable bonds is 8. The second-order valence-corrected chi connectivity index (χ2v) is 6.26. The number of benzene rings is 1. The lowest BCUT2D eigenvalue weighted by molar-refractivity contribution is 0.146. The average molecular weight is 356 g/mol. The van der Waals surface area contributed by atoms with Crippen molar-refractivity contribution in [1.82, 2.24) is 15.2 Å². The summed E-state index contributed by atoms with van der Waals surface area (Å²) in [5, 5.41) is 12.2. The van der Waals surface area contributed by atoms with Crippen LogP contribution in [0.1, 0.15) is 19.5 Å². The van der Waals surface area contributed by atoms with E-state index in [4.69, 9.17) is 14.2 Å². The van der Waals surface area contributed by atoms with Gasteiger partial charge in [-0.05, 0) is 44.4 Å². The van der Waals surface area contributed by atoms with Gasteiger partial charge in [0.25, 0.3) is 0 Å². The average Bonchev–Trinajstić information content (AvgIpc) is 3.00. The highest BCUT2D eigenvalue weighted by Crippen LogP contribution is 2.31. The second kappa shape index (κ2) is 8.05. The molecule has 2 aromatic heterocycles. The van der Waals surface area contributed by atoms with Gasteiger partial charge in [0.2, 0.25) is 5.88 Å². The minimum absolute atomic E-state index is 0.00615. The highest BCUT2D eigenvalue weighted by Gasteiger charge is 2.11. The fraction of sp³-hybridized carbons (Fsp3) is 0.368. The summed E-state index contributed by atoms with van der Waals surface area (Å²) in [5.74, 6) is 2.70. The van der Waals surface area contributed by atoms with Crippen molar-refractivity contribution in [2.45, 2.75) is 26.9 Å². The number of aryl methyl sites for hydroxylation is 1. The number of aromatic amines is 1. The molecule has 0 aliphatic heterocycles. The molecule has 2 heterocycles. The zero-order valence-corrected chi connectivity index (χ0v) is 15.5. The number of fused-ring (bicyclic) bond motifs is 1. The smallest absolute Gasteiger partial charge is 0.223 e. The fourth-order valence-corrected chi connectivity index (χ4v) is 2.52. The molecule has 0 aliphatic rings. The van der Waals surface area contributed by atoms with Crippen molar-refractivity contribution in [3.8, 4) is 11.6 Å². The SMILES string of the molecule is COCCOc1ccc2cc(Nc3cc(C)[nH]n3)nc(OC(C)C)c2c1. The Kier molecular flexibility index (Phi) is 5.58. The van der Waals surface area contributed by atoms with Crippen LogP contribution < -0.4 is 14.8 Å². The van der Waals surface area contributed by atoms with Crippen LogP contribution in [0.15, 0.2) is 30.3 Å². The Morgan fingerprint density at radius 1 is 1.12 bits per heavy atom. The summed E-state index contributed by atoms with van der Waals surface area (Å²) >= 11 is 0. The van der Waals surface area contributed by atoms with E-state index in [0.29, 0.717) is 30.7 Å². The molecule has 26 heavy (non-hydrogen) atoms. The molecule has 0 aliphatic carbocycles. The number of hydrogen-bond acceptors (Lipinski definition) is 6. The number of H-pyrrole nitrogens is 1. The first-order chi connectivity index (χ1) is 12.5. The summed E-state index contributed by atoms with van der Waals surface area (Å²) in [5.41, 5.74) is 0.977. The first kappa shape index (κ1) is 18.0. The summed E-state index contributed by atoms with van der Waals surface area (Å²) < 4.78 is 16.7. The number of anilines is 2. The lowest BCUT2D eigenvalue weighted by Crippen LogP contribution is -2.08. The summed E-state index contributed by atoms with van der Waals surface area (Å²) in [6.45, 7) is 6.93. The van der Waals surface area contributed by atoms with Crippen LogP contribution in [0.3, 0.4) is 0 Å². The van der Waals surface area contributed by atoms with E-state index in [2.05, 4.69) is 20.5 Å². The number of hydrogen-bond donors (Lipinski definition) is 2. The van der Waals surface area contributed by atoms with E-state index < -0.39 is 0 Å². The topological polar surface area (TPSA) is 81.3 Å². The van der Waals surface area contributed by atoms with Crippen LogP contribution in [0.4, 0.5) is 11.6 Å². The van der Waals surface area contributed by atoms with Crippen LogP contribution in [0.2, 0.25) is 0 Å². The van der Waals surface area contributed by atoms with E-state index in [1.54, 1.807) is 7.11 Å². The molecule has 7 nitrogen and oxygen atoms in total. The molecule has 0 fully saturated rings. The maximum Gasteiger partial charge on any atom is 0.223 e. The molecule has 0 saturated carbocycles. The third-order valence-electron chi connectivity index (χ3n) is 3.63. The number of methoxy groups -OCH3 is 1. The summed E-state index contributed by atoms with van der Waals surface area (Å²) in [7, 11) is 1.65. The van der Waals surface area contributed by atoms with Crippen molar-refractivity contribution in [3.63, 3.8) is 0 Å². The molecule has 3 rings (SSSR count). The van der Waals surface area contributed by atoms with Crippen molar-refractivity contribution in [1.29, 1.82) is 0 Å². The van der Waals surface area contributed by atoms with Gasteiger partial charge in [0.15, 0.2) is 5.82 Å². The highest BCUT2D eigenvalue weighted by molar-refractivity contribution is 5.90. The van der Waals surface area contributed by atoms with Gasteiger partial charge in [-0.3, -0.25) is 5.10 Å². The van der Waals surface area contributed by atoms with Crippen molar-refractivity contribution in [2.24, 2.45) is 0 Å². The van der Waals surface area contributed by atoms with Crippen molar-refractivity contribution in [3.05, 3.63) is 36.0 Å². The largest absolute Gasteiger partial charge is 0.491 e. The molecule has 0 saturated heterocycles. The molecule has 0 bridgehead atoms. The third-order valence-corrected chi connectivity index (χ3v) is 3.63. The van der Waals surface area contributed by atoms with Crippen LogP contribution in [-0.2, 0) is 4.74 Å². The van der Waals surface area contributed by atoms with Crippen molar-refractivity contribution >= 4 is 22.4 Å². The number of pyridine rings is 1. The number of aromatic nitrogens is 3. The van der Waals surface area contributed by atoms with Gasteiger partial charge in [-0.15, -0.1) is 0 Å². The zero-order valence-electron chi connectivity index (χ0n) is 15.5. The molecule has 0 unspecified atom stereocenters. The van der Waals surface area contributed by atoms with E-state index in [0.717, 1.165) is 22.2 Å². The maximum absolute atomic E-state index is 5.93. The molecule has 0 spiro atoms. The lowest BCUT2D eigenvalue weighted by Gasteiger charge is -2.14. The fourth-order valence-electron chi connectivity index (χ4n) is 2.52. The first-order valence-corrected chi connectivity index (χ1v) is 8.57. The Morgan fingerprint density at radius 2 is 1.96 bits per heavy atom. The van der Waals surface area contributed by atoms with Crippen molar-refractivity contribution in [2.75, 3.05) is 25.6 Å². The Morgan fingerprint density at radius 3 is 2.65 bits per heavy atom. The monoisotopic (exact) mass is 356 g/mol. The molecule has 0 amide bonds. The molecule has 0 atom stereocenters. The van der Waals surface area contributed by atoms with Crippen LogP contribution in [-0.4, -0.2) is 41.6 Å². The lowest BCUT2D eigenvalue weighted by atomic mass is 10.1. The molecule has 3 aromatic rings. The van der Waals surface area contributed by atoms with E-state index in [1.807, 2.05) is 51.1 Å². The van der Waals surface area contributed by atoms with E-state index >= 15 is 0 Å². The van der Waals surface area contributed by atoms with Crippen molar-refractivity contribution < 1.29 is 14.2 Å². The van der Waals surface area contributed by atoms with Crippen LogP contribution in [0.5, 0.6) is 11.6 Å². The van der Waals surface area contributed by atoms with Gasteiger partial charge in [0.1, 0.15) is 18.2 Å². The van der Waals surface area contributed by atoms with E-state index in [-0.39, 0.29) is 6.10 Å². The number of nitrogens with one attached hydrogen (secondary N) is 2. The summed E-state index contributed by atoms with van der Waals surface area (Å²) in [4.78, 5) is 4.62. The Bertz CT molecular complexity index is 876. The second-order valence-electron chi connectivity index (χ2n) is 6.26. The van der Waals surface area contributed by atoms with Gasteiger partial charge >= 0.3 is 0 Å². The minimum atomic E-state index is 0.00615. The molecular formula is C19H24N4O3. The predicted octanol–water partition coefficient (Wildman–Crippen LogP) is 3.82. The van der Waals surface area contributed by atoms with E-state index in [9.17, 15) is 0 Å². The predicted molar refractivity (Wildman–Crippen MR) is 101 cm³/mol.